The highest BCUT2D eigenvalue weighted by atomic mass is 32.2. The molecule has 0 spiro atoms. The average Bonchev–Trinajstić information content (AvgIpc) is 2.77. The fraction of sp³-hybridized carbons (Fsp3) is 0.261. The topological polar surface area (TPSA) is 122 Å². The minimum atomic E-state index is -4.97. The number of anilines is 2. The molecule has 2 heterocycles. The molecule has 0 radical (unpaired) electrons. The van der Waals surface area contributed by atoms with Gasteiger partial charge in [-0.2, -0.15) is 13.2 Å². The Morgan fingerprint density at radius 3 is 2.46 bits per heavy atom. The fourth-order valence-corrected chi connectivity index (χ4v) is 4.13. The summed E-state index contributed by atoms with van der Waals surface area (Å²) in [5.74, 6) is -2.14. The van der Waals surface area contributed by atoms with E-state index < -0.39 is 56.6 Å². The standard InChI is InChI=1S/C23H21F4N5O4S/c1-12-8-13(24)6-7-17(12)36-22-18(21(33)30-14-4-3-5-16(9-14)37(2,34)35)19(29-15-10-28-11-15)20(31-32-22)23(25,26)27/h3-9,15,28H,10-11H2,1-2H3,(H,29,32)(H,30,33). The third kappa shape index (κ3) is 5.97. The van der Waals surface area contributed by atoms with Crippen molar-refractivity contribution in [2.45, 2.75) is 24.0 Å². The molecular weight excluding hydrogens is 518 g/mol. The minimum Gasteiger partial charge on any atom is -0.437 e. The Morgan fingerprint density at radius 2 is 1.86 bits per heavy atom. The van der Waals surface area contributed by atoms with Gasteiger partial charge in [0.25, 0.3) is 11.8 Å². The van der Waals surface area contributed by atoms with E-state index in [1.807, 2.05) is 0 Å². The Morgan fingerprint density at radius 1 is 1.14 bits per heavy atom. The molecule has 14 heteroatoms. The summed E-state index contributed by atoms with van der Waals surface area (Å²) in [4.78, 5) is 13.3. The van der Waals surface area contributed by atoms with Gasteiger partial charge in [-0.25, -0.2) is 12.8 Å². The Kier molecular flexibility index (Phi) is 7.06. The first-order valence-electron chi connectivity index (χ1n) is 10.8. The number of aromatic nitrogens is 2. The molecule has 9 nitrogen and oxygen atoms in total. The monoisotopic (exact) mass is 539 g/mol. The van der Waals surface area contributed by atoms with Gasteiger partial charge in [-0.1, -0.05) is 6.07 Å². The molecule has 1 aromatic heterocycles. The molecule has 4 rings (SSSR count). The molecule has 0 aliphatic carbocycles. The van der Waals surface area contributed by atoms with Gasteiger partial charge in [0.05, 0.1) is 16.6 Å². The SMILES string of the molecule is Cc1cc(F)ccc1Oc1nnc(C(F)(F)F)c(NC2CNC2)c1C(=O)Nc1cccc(S(C)(=O)=O)c1. The van der Waals surface area contributed by atoms with E-state index in [2.05, 4.69) is 26.1 Å². The molecule has 1 amide bonds. The van der Waals surface area contributed by atoms with Crippen molar-refractivity contribution in [1.82, 2.24) is 15.5 Å². The van der Waals surface area contributed by atoms with Crippen LogP contribution in [0.1, 0.15) is 21.6 Å². The maximum atomic E-state index is 13.9. The number of nitrogens with one attached hydrogen (secondary N) is 3. The van der Waals surface area contributed by atoms with E-state index in [0.717, 1.165) is 18.4 Å². The van der Waals surface area contributed by atoms with E-state index in [0.29, 0.717) is 18.7 Å². The smallest absolute Gasteiger partial charge is 0.437 e. The molecule has 0 bridgehead atoms. The number of carbonyl (C=O) groups is 1. The van der Waals surface area contributed by atoms with Crippen molar-refractivity contribution in [3.05, 3.63) is 65.1 Å². The third-order valence-corrected chi connectivity index (χ3v) is 6.54. The Labute approximate surface area is 209 Å². The third-order valence-electron chi connectivity index (χ3n) is 5.43. The van der Waals surface area contributed by atoms with Crippen molar-refractivity contribution in [2.24, 2.45) is 0 Å². The number of alkyl halides is 3. The lowest BCUT2D eigenvalue weighted by Crippen LogP contribution is -2.52. The van der Waals surface area contributed by atoms with Gasteiger partial charge in [-0.15, -0.1) is 10.2 Å². The predicted molar refractivity (Wildman–Crippen MR) is 126 cm³/mol. The molecule has 0 saturated carbocycles. The van der Waals surface area contributed by atoms with E-state index in [-0.39, 0.29) is 16.3 Å². The lowest BCUT2D eigenvalue weighted by atomic mass is 10.1. The van der Waals surface area contributed by atoms with Crippen LogP contribution in [-0.2, 0) is 16.0 Å². The first-order valence-corrected chi connectivity index (χ1v) is 12.7. The maximum Gasteiger partial charge on any atom is 0.437 e. The Hall–Kier alpha value is -3.78. The van der Waals surface area contributed by atoms with Crippen LogP contribution in [0.2, 0.25) is 0 Å². The number of ether oxygens (including phenoxy) is 1. The highest BCUT2D eigenvalue weighted by Crippen LogP contribution is 2.39. The van der Waals surface area contributed by atoms with Crippen LogP contribution in [-0.4, -0.2) is 49.9 Å². The summed E-state index contributed by atoms with van der Waals surface area (Å²) in [6.07, 6.45) is -4.00. The normalized spacial score (nSPS) is 14.1. The lowest BCUT2D eigenvalue weighted by molar-refractivity contribution is -0.141. The number of nitrogens with zero attached hydrogens (tertiary/aromatic N) is 2. The number of amides is 1. The highest BCUT2D eigenvalue weighted by Gasteiger charge is 2.41. The van der Waals surface area contributed by atoms with Crippen LogP contribution >= 0.6 is 0 Å². The zero-order chi connectivity index (χ0) is 27.0. The van der Waals surface area contributed by atoms with Gasteiger partial charge >= 0.3 is 6.18 Å². The molecule has 1 saturated heterocycles. The highest BCUT2D eigenvalue weighted by molar-refractivity contribution is 7.90. The summed E-state index contributed by atoms with van der Waals surface area (Å²) >= 11 is 0. The van der Waals surface area contributed by atoms with Gasteiger partial charge < -0.3 is 20.7 Å². The largest absolute Gasteiger partial charge is 0.437 e. The second-order valence-corrected chi connectivity index (χ2v) is 10.4. The first kappa shape index (κ1) is 26.3. The molecule has 1 aliphatic rings. The van der Waals surface area contributed by atoms with Gasteiger partial charge in [-0.05, 0) is 48.9 Å². The van der Waals surface area contributed by atoms with Crippen LogP contribution in [0.25, 0.3) is 0 Å². The number of rotatable bonds is 7. The molecule has 196 valence electrons. The molecule has 1 aliphatic heterocycles. The second kappa shape index (κ2) is 9.94. The van der Waals surface area contributed by atoms with E-state index in [1.165, 1.54) is 37.3 Å². The van der Waals surface area contributed by atoms with Crippen LogP contribution in [0.15, 0.2) is 47.4 Å². The molecule has 3 N–H and O–H groups in total. The summed E-state index contributed by atoms with van der Waals surface area (Å²) in [6, 6.07) is 8.24. The summed E-state index contributed by atoms with van der Waals surface area (Å²) in [7, 11) is -3.63. The maximum absolute atomic E-state index is 13.9. The molecule has 3 aromatic rings. The minimum absolute atomic E-state index is 0.0125. The summed E-state index contributed by atoms with van der Waals surface area (Å²) in [6.45, 7) is 2.18. The Balaban J connectivity index is 1.84. The van der Waals surface area contributed by atoms with E-state index in [4.69, 9.17) is 4.74 Å². The summed E-state index contributed by atoms with van der Waals surface area (Å²) in [5.41, 5.74) is -2.38. The number of sulfone groups is 1. The van der Waals surface area contributed by atoms with Crippen molar-refractivity contribution in [1.29, 1.82) is 0 Å². The van der Waals surface area contributed by atoms with Crippen LogP contribution in [0, 0.1) is 12.7 Å². The zero-order valence-electron chi connectivity index (χ0n) is 19.5. The fourth-order valence-electron chi connectivity index (χ4n) is 3.47. The summed E-state index contributed by atoms with van der Waals surface area (Å²) in [5, 5.41) is 14.8. The molecule has 1 fully saturated rings. The Bertz CT molecular complexity index is 1460. The van der Waals surface area contributed by atoms with Crippen molar-refractivity contribution in [3.63, 3.8) is 0 Å². The van der Waals surface area contributed by atoms with E-state index >= 15 is 0 Å². The predicted octanol–water partition coefficient (Wildman–Crippen LogP) is 3.77. The van der Waals surface area contributed by atoms with Crippen LogP contribution < -0.4 is 20.7 Å². The van der Waals surface area contributed by atoms with E-state index in [9.17, 15) is 30.8 Å². The number of halogens is 4. The second-order valence-electron chi connectivity index (χ2n) is 8.37. The van der Waals surface area contributed by atoms with Gasteiger partial charge in [0.15, 0.2) is 15.5 Å². The van der Waals surface area contributed by atoms with Crippen molar-refractivity contribution in [2.75, 3.05) is 30.0 Å². The van der Waals surface area contributed by atoms with Crippen LogP contribution in [0.3, 0.4) is 0 Å². The average molecular weight is 540 g/mol. The quantitative estimate of drug-likeness (QED) is 0.388. The lowest BCUT2D eigenvalue weighted by Gasteiger charge is -2.30. The molecule has 2 aromatic carbocycles. The van der Waals surface area contributed by atoms with E-state index in [1.54, 1.807) is 0 Å². The zero-order valence-corrected chi connectivity index (χ0v) is 20.3. The van der Waals surface area contributed by atoms with Crippen molar-refractivity contribution < 1.29 is 35.5 Å². The number of hydrogen-bond acceptors (Lipinski definition) is 8. The molecule has 37 heavy (non-hydrogen) atoms. The number of hydrogen-bond donors (Lipinski definition) is 3. The van der Waals surface area contributed by atoms with Crippen molar-refractivity contribution >= 4 is 27.1 Å². The van der Waals surface area contributed by atoms with Gasteiger partial charge in [0, 0.05) is 25.0 Å². The first-order chi connectivity index (χ1) is 17.3. The number of carbonyl (C=O) groups excluding carboxylic acids is 1. The van der Waals surface area contributed by atoms with Gasteiger partial charge in [-0.3, -0.25) is 4.79 Å². The molecule has 0 atom stereocenters. The molecular formula is C23H21F4N5O4S. The van der Waals surface area contributed by atoms with Gasteiger partial charge in [0.1, 0.15) is 17.1 Å². The van der Waals surface area contributed by atoms with Crippen molar-refractivity contribution in [3.8, 4) is 11.6 Å². The van der Waals surface area contributed by atoms with Crippen LogP contribution in [0.5, 0.6) is 11.6 Å². The molecule has 0 unspecified atom stereocenters. The number of benzene rings is 2. The van der Waals surface area contributed by atoms with Gasteiger partial charge in [0.2, 0.25) is 0 Å². The van der Waals surface area contributed by atoms with Crippen LogP contribution in [0.4, 0.5) is 28.9 Å². The number of aryl methyl sites for hydroxylation is 1. The summed E-state index contributed by atoms with van der Waals surface area (Å²) < 4.78 is 84.7.